The molecule has 0 radical (unpaired) electrons. The van der Waals surface area contributed by atoms with Crippen molar-refractivity contribution in [1.29, 1.82) is 0 Å². The molecule has 1 aromatic heterocycles. The van der Waals surface area contributed by atoms with Gasteiger partial charge in [0.1, 0.15) is 12.4 Å². The second-order valence-electron chi connectivity index (χ2n) is 6.24. The Morgan fingerprint density at radius 3 is 2.74 bits per heavy atom. The number of piperidine rings is 1. The van der Waals surface area contributed by atoms with Crippen molar-refractivity contribution in [2.75, 3.05) is 18.0 Å². The molecule has 0 N–H and O–H groups in total. The molecule has 4 nitrogen and oxygen atoms in total. The van der Waals surface area contributed by atoms with Crippen LogP contribution in [0.2, 0.25) is 0 Å². The number of rotatable bonds is 4. The average Bonchev–Trinajstić information content (AvgIpc) is 2.53. The van der Waals surface area contributed by atoms with Crippen LogP contribution in [0.1, 0.15) is 31.0 Å². The van der Waals surface area contributed by atoms with Gasteiger partial charge in [-0.1, -0.05) is 19.1 Å². The summed E-state index contributed by atoms with van der Waals surface area (Å²) in [7, 11) is 0. The molecule has 2 heterocycles. The van der Waals surface area contributed by atoms with E-state index in [1.165, 1.54) is 12.1 Å². The standard InChI is InChI=1S/C18H22FN3O/c1-13-6-8-22(9-7-13)18-20-14(2)10-17(21-18)23-12-15-4-3-5-16(19)11-15/h3-5,10-11,13H,6-9,12H2,1-2H3. The van der Waals surface area contributed by atoms with Crippen molar-refractivity contribution in [3.05, 3.63) is 47.4 Å². The molecule has 0 bridgehead atoms. The van der Waals surface area contributed by atoms with Gasteiger partial charge in [-0.25, -0.2) is 9.37 Å². The van der Waals surface area contributed by atoms with Gasteiger partial charge in [-0.05, 0) is 43.4 Å². The molecule has 3 rings (SSSR count). The predicted octanol–water partition coefficient (Wildman–Crippen LogP) is 3.74. The first-order chi connectivity index (χ1) is 11.1. The molecule has 1 saturated heterocycles. The van der Waals surface area contributed by atoms with Gasteiger partial charge in [0.2, 0.25) is 11.8 Å². The Hall–Kier alpha value is -2.17. The molecule has 1 aliphatic heterocycles. The summed E-state index contributed by atoms with van der Waals surface area (Å²) in [5.74, 6) is 1.77. The maximum Gasteiger partial charge on any atom is 0.228 e. The van der Waals surface area contributed by atoms with E-state index in [0.717, 1.165) is 49.1 Å². The number of aryl methyl sites for hydroxylation is 1. The van der Waals surface area contributed by atoms with E-state index in [2.05, 4.69) is 21.8 Å². The van der Waals surface area contributed by atoms with Crippen molar-refractivity contribution in [3.63, 3.8) is 0 Å². The van der Waals surface area contributed by atoms with Crippen molar-refractivity contribution in [2.45, 2.75) is 33.3 Å². The van der Waals surface area contributed by atoms with Crippen molar-refractivity contribution >= 4 is 5.95 Å². The van der Waals surface area contributed by atoms with Crippen LogP contribution in [-0.4, -0.2) is 23.1 Å². The summed E-state index contributed by atoms with van der Waals surface area (Å²) in [5.41, 5.74) is 1.66. The summed E-state index contributed by atoms with van der Waals surface area (Å²) in [6.07, 6.45) is 2.33. The van der Waals surface area contributed by atoms with Gasteiger partial charge in [-0.2, -0.15) is 4.98 Å². The van der Waals surface area contributed by atoms with E-state index in [9.17, 15) is 4.39 Å². The van der Waals surface area contributed by atoms with Crippen LogP contribution in [0.15, 0.2) is 30.3 Å². The number of halogens is 1. The average molecular weight is 315 g/mol. The fraction of sp³-hybridized carbons (Fsp3) is 0.444. The highest BCUT2D eigenvalue weighted by Crippen LogP contribution is 2.22. The topological polar surface area (TPSA) is 38.2 Å². The summed E-state index contributed by atoms with van der Waals surface area (Å²) in [4.78, 5) is 11.3. The molecule has 0 aliphatic carbocycles. The molecule has 1 aliphatic rings. The third kappa shape index (κ3) is 4.18. The number of ether oxygens (including phenoxy) is 1. The minimum Gasteiger partial charge on any atom is -0.473 e. The minimum atomic E-state index is -0.256. The molecule has 122 valence electrons. The van der Waals surface area contributed by atoms with Gasteiger partial charge in [0.15, 0.2) is 0 Å². The Kier molecular flexibility index (Phi) is 4.74. The molecular weight excluding hydrogens is 293 g/mol. The van der Waals surface area contributed by atoms with Crippen molar-refractivity contribution in [2.24, 2.45) is 5.92 Å². The van der Waals surface area contributed by atoms with E-state index < -0.39 is 0 Å². The van der Waals surface area contributed by atoms with Crippen LogP contribution in [0, 0.1) is 18.7 Å². The molecule has 0 amide bonds. The van der Waals surface area contributed by atoms with Crippen molar-refractivity contribution < 1.29 is 9.13 Å². The van der Waals surface area contributed by atoms with Crippen LogP contribution < -0.4 is 9.64 Å². The molecule has 1 fully saturated rings. The lowest BCUT2D eigenvalue weighted by atomic mass is 10.00. The smallest absolute Gasteiger partial charge is 0.228 e. The van der Waals surface area contributed by atoms with Crippen LogP contribution in [0.5, 0.6) is 5.88 Å². The summed E-state index contributed by atoms with van der Waals surface area (Å²) in [6, 6.07) is 8.23. The van der Waals surface area contributed by atoms with Gasteiger partial charge < -0.3 is 9.64 Å². The Morgan fingerprint density at radius 1 is 1.22 bits per heavy atom. The molecule has 0 unspecified atom stereocenters. The van der Waals surface area contributed by atoms with Crippen LogP contribution in [0.4, 0.5) is 10.3 Å². The van der Waals surface area contributed by atoms with Crippen LogP contribution >= 0.6 is 0 Å². The highest BCUT2D eigenvalue weighted by molar-refractivity contribution is 5.35. The van der Waals surface area contributed by atoms with E-state index in [4.69, 9.17) is 4.74 Å². The molecule has 0 spiro atoms. The largest absolute Gasteiger partial charge is 0.473 e. The van der Waals surface area contributed by atoms with E-state index >= 15 is 0 Å². The second kappa shape index (κ2) is 6.94. The SMILES string of the molecule is Cc1cc(OCc2cccc(F)c2)nc(N2CCC(C)CC2)n1. The van der Waals surface area contributed by atoms with Gasteiger partial charge >= 0.3 is 0 Å². The summed E-state index contributed by atoms with van der Waals surface area (Å²) in [6.45, 7) is 6.47. The number of aromatic nitrogens is 2. The highest BCUT2D eigenvalue weighted by Gasteiger charge is 2.19. The maximum absolute atomic E-state index is 13.2. The monoisotopic (exact) mass is 315 g/mol. The number of benzene rings is 1. The molecule has 1 aromatic carbocycles. The maximum atomic E-state index is 13.2. The summed E-state index contributed by atoms with van der Waals surface area (Å²) in [5, 5.41) is 0. The third-order valence-electron chi connectivity index (χ3n) is 4.16. The normalized spacial score (nSPS) is 15.7. The van der Waals surface area contributed by atoms with E-state index in [0.29, 0.717) is 12.5 Å². The van der Waals surface area contributed by atoms with Gasteiger partial charge in [0.25, 0.3) is 0 Å². The van der Waals surface area contributed by atoms with E-state index in [-0.39, 0.29) is 5.82 Å². The summed E-state index contributed by atoms with van der Waals surface area (Å²) >= 11 is 0. The number of anilines is 1. The highest BCUT2D eigenvalue weighted by atomic mass is 19.1. The molecule has 0 saturated carbocycles. The number of hydrogen-bond acceptors (Lipinski definition) is 4. The molecule has 2 aromatic rings. The van der Waals surface area contributed by atoms with Crippen LogP contribution in [0.25, 0.3) is 0 Å². The van der Waals surface area contributed by atoms with Gasteiger partial charge in [-0.3, -0.25) is 0 Å². The minimum absolute atomic E-state index is 0.256. The van der Waals surface area contributed by atoms with Gasteiger partial charge in [-0.15, -0.1) is 0 Å². The summed E-state index contributed by atoms with van der Waals surface area (Å²) < 4.78 is 18.9. The molecule has 0 atom stereocenters. The lowest BCUT2D eigenvalue weighted by Crippen LogP contribution is -2.34. The van der Waals surface area contributed by atoms with Gasteiger partial charge in [0, 0.05) is 24.8 Å². The Labute approximate surface area is 136 Å². The fourth-order valence-electron chi connectivity index (χ4n) is 2.73. The molecule has 23 heavy (non-hydrogen) atoms. The zero-order valence-electron chi connectivity index (χ0n) is 13.6. The zero-order chi connectivity index (χ0) is 16.2. The van der Waals surface area contributed by atoms with E-state index in [1.54, 1.807) is 6.07 Å². The van der Waals surface area contributed by atoms with Gasteiger partial charge in [0.05, 0.1) is 0 Å². The van der Waals surface area contributed by atoms with E-state index in [1.807, 2.05) is 19.1 Å². The third-order valence-corrected chi connectivity index (χ3v) is 4.16. The Balaban J connectivity index is 1.70. The quantitative estimate of drug-likeness (QED) is 0.861. The lowest BCUT2D eigenvalue weighted by Gasteiger charge is -2.30. The fourth-order valence-corrected chi connectivity index (χ4v) is 2.73. The van der Waals surface area contributed by atoms with Crippen LogP contribution in [-0.2, 0) is 6.61 Å². The molecular formula is C18H22FN3O. The second-order valence-corrected chi connectivity index (χ2v) is 6.24. The Morgan fingerprint density at radius 2 is 2.00 bits per heavy atom. The first-order valence-electron chi connectivity index (χ1n) is 8.08. The zero-order valence-corrected chi connectivity index (χ0v) is 13.6. The Bertz CT molecular complexity index is 669. The number of hydrogen-bond donors (Lipinski definition) is 0. The molecule has 5 heteroatoms. The first-order valence-corrected chi connectivity index (χ1v) is 8.08. The van der Waals surface area contributed by atoms with Crippen molar-refractivity contribution in [3.8, 4) is 5.88 Å². The lowest BCUT2D eigenvalue weighted by molar-refractivity contribution is 0.292. The first kappa shape index (κ1) is 15.7. The predicted molar refractivity (Wildman–Crippen MR) is 88.1 cm³/mol. The number of nitrogens with zero attached hydrogens (tertiary/aromatic N) is 3. The van der Waals surface area contributed by atoms with Crippen molar-refractivity contribution in [1.82, 2.24) is 9.97 Å². The van der Waals surface area contributed by atoms with Crippen LogP contribution in [0.3, 0.4) is 0 Å².